The van der Waals surface area contributed by atoms with Crippen LogP contribution in [0.25, 0.3) is 0 Å². The molecule has 4 unspecified atom stereocenters. The molecule has 0 saturated heterocycles. The van der Waals surface area contributed by atoms with Crippen molar-refractivity contribution < 1.29 is 23.8 Å². The van der Waals surface area contributed by atoms with Gasteiger partial charge in [-0.15, -0.1) is 0 Å². The first kappa shape index (κ1) is 13.9. The average Bonchev–Trinajstić information content (AvgIpc) is 3.13. The molecule has 2 saturated carbocycles. The highest BCUT2D eigenvalue weighted by Gasteiger charge is 2.51. The van der Waals surface area contributed by atoms with Crippen molar-refractivity contribution in [1.29, 1.82) is 0 Å². The summed E-state index contributed by atoms with van der Waals surface area (Å²) in [6.07, 6.45) is 4.15. The van der Waals surface area contributed by atoms with Crippen LogP contribution < -0.4 is 5.32 Å². The number of aliphatic carboxylic acids is 1. The van der Waals surface area contributed by atoms with Crippen molar-refractivity contribution in [3.63, 3.8) is 0 Å². The van der Waals surface area contributed by atoms with Gasteiger partial charge in [0.05, 0.1) is 12.5 Å². The minimum Gasteiger partial charge on any atom is -0.481 e. The molecule has 0 amide bonds. The Kier molecular flexibility index (Phi) is 3.57. The number of rotatable bonds is 5. The number of carboxylic acids is 1. The number of carboxylic acid groups (broad SMARTS) is 1. The Morgan fingerprint density at radius 1 is 1.48 bits per heavy atom. The number of hydrogen-bond acceptors (Lipinski definition) is 6. The zero-order chi connectivity index (χ0) is 15.0. The van der Waals surface area contributed by atoms with Crippen LogP contribution in [0.2, 0.25) is 0 Å². The van der Waals surface area contributed by atoms with Crippen molar-refractivity contribution in [3.8, 4) is 0 Å². The van der Waals surface area contributed by atoms with Crippen LogP contribution in [0.15, 0.2) is 10.7 Å². The largest absolute Gasteiger partial charge is 0.481 e. The summed E-state index contributed by atoms with van der Waals surface area (Å²) >= 11 is 0. The summed E-state index contributed by atoms with van der Waals surface area (Å²) < 4.78 is 10.1. The van der Waals surface area contributed by atoms with E-state index >= 15 is 0 Å². The first-order valence-electron chi connectivity index (χ1n) is 7.22. The van der Waals surface area contributed by atoms with Gasteiger partial charge < -0.3 is 19.6 Å². The third-order valence-corrected chi connectivity index (χ3v) is 4.48. The molecule has 0 aromatic carbocycles. The number of carbonyl (C=O) groups is 2. The van der Waals surface area contributed by atoms with Gasteiger partial charge in [-0.25, -0.2) is 4.79 Å². The monoisotopic (exact) mass is 294 g/mol. The van der Waals surface area contributed by atoms with E-state index in [-0.39, 0.29) is 30.3 Å². The predicted octanol–water partition coefficient (Wildman–Crippen LogP) is 1.76. The number of nitrogens with one attached hydrogen (secondary N) is 1. The van der Waals surface area contributed by atoms with E-state index < -0.39 is 17.9 Å². The summed E-state index contributed by atoms with van der Waals surface area (Å²) in [7, 11) is 0. The second kappa shape index (κ2) is 5.38. The lowest BCUT2D eigenvalue weighted by atomic mass is 9.84. The molecule has 2 aliphatic rings. The SMILES string of the molecule is CCOC(=O)c1coc(NC2C3CCC(C3)C2C(=O)O)n1. The number of anilines is 1. The van der Waals surface area contributed by atoms with Gasteiger partial charge >= 0.3 is 11.9 Å². The number of esters is 1. The van der Waals surface area contributed by atoms with Crippen LogP contribution in [0.1, 0.15) is 36.7 Å². The van der Waals surface area contributed by atoms with Crippen LogP contribution in [0, 0.1) is 17.8 Å². The van der Waals surface area contributed by atoms with E-state index in [1.807, 2.05) is 0 Å². The number of hydrogen-bond donors (Lipinski definition) is 2. The Morgan fingerprint density at radius 2 is 2.24 bits per heavy atom. The molecular weight excluding hydrogens is 276 g/mol. The standard InChI is InChI=1S/C14H18N2O5/c1-2-20-13(19)9-6-21-14(15-9)16-11-8-4-3-7(5-8)10(11)12(17)18/h6-8,10-11H,2-5H2,1H3,(H,15,16)(H,17,18). The van der Waals surface area contributed by atoms with Crippen LogP contribution in [0.3, 0.4) is 0 Å². The highest BCUT2D eigenvalue weighted by Crippen LogP contribution is 2.49. The maximum absolute atomic E-state index is 11.5. The zero-order valence-electron chi connectivity index (χ0n) is 11.7. The van der Waals surface area contributed by atoms with Gasteiger partial charge in [-0.3, -0.25) is 4.79 Å². The Morgan fingerprint density at radius 3 is 2.95 bits per heavy atom. The average molecular weight is 294 g/mol. The molecule has 0 radical (unpaired) electrons. The van der Waals surface area contributed by atoms with Gasteiger partial charge in [0.1, 0.15) is 6.26 Å². The smallest absolute Gasteiger partial charge is 0.360 e. The van der Waals surface area contributed by atoms with E-state index in [0.717, 1.165) is 19.3 Å². The fourth-order valence-corrected chi connectivity index (χ4v) is 3.64. The fraction of sp³-hybridized carbons (Fsp3) is 0.643. The lowest BCUT2D eigenvalue weighted by Crippen LogP contribution is -2.39. The number of aromatic nitrogens is 1. The second-order valence-corrected chi connectivity index (χ2v) is 5.63. The van der Waals surface area contributed by atoms with E-state index in [0.29, 0.717) is 5.92 Å². The number of ether oxygens (including phenoxy) is 1. The number of oxazole rings is 1. The molecule has 7 heteroatoms. The minimum atomic E-state index is -0.781. The molecule has 0 spiro atoms. The van der Waals surface area contributed by atoms with Gasteiger partial charge in [0, 0.05) is 6.04 Å². The summed E-state index contributed by atoms with van der Waals surface area (Å²) in [4.78, 5) is 27.0. The van der Waals surface area contributed by atoms with Crippen molar-refractivity contribution in [2.24, 2.45) is 17.8 Å². The Bertz CT molecular complexity index is 555. The molecule has 114 valence electrons. The summed E-state index contributed by atoms with van der Waals surface area (Å²) in [6, 6.07) is -0.00296. The van der Waals surface area contributed by atoms with Crippen molar-refractivity contribution in [3.05, 3.63) is 12.0 Å². The van der Waals surface area contributed by atoms with Gasteiger partial charge in [-0.1, -0.05) is 0 Å². The van der Waals surface area contributed by atoms with Crippen LogP contribution in [-0.2, 0) is 9.53 Å². The number of fused-ring (bicyclic) bond motifs is 2. The van der Waals surface area contributed by atoms with Crippen LogP contribution in [0.5, 0.6) is 0 Å². The molecule has 4 atom stereocenters. The molecule has 2 aliphatic carbocycles. The number of carbonyl (C=O) groups excluding carboxylic acids is 1. The molecule has 2 bridgehead atoms. The minimum absolute atomic E-state index is 0.0920. The zero-order valence-corrected chi connectivity index (χ0v) is 11.7. The molecule has 1 heterocycles. The maximum atomic E-state index is 11.5. The molecule has 2 fully saturated rings. The van der Waals surface area contributed by atoms with E-state index in [1.165, 1.54) is 6.26 Å². The molecule has 1 aromatic heterocycles. The molecule has 7 nitrogen and oxygen atoms in total. The highest BCUT2D eigenvalue weighted by molar-refractivity contribution is 5.87. The Balaban J connectivity index is 1.71. The first-order chi connectivity index (χ1) is 10.1. The second-order valence-electron chi connectivity index (χ2n) is 5.63. The van der Waals surface area contributed by atoms with Gasteiger partial charge in [-0.2, -0.15) is 4.98 Å². The Hall–Kier alpha value is -2.05. The lowest BCUT2D eigenvalue weighted by molar-refractivity contribution is -0.143. The summed E-state index contributed by atoms with van der Waals surface area (Å²) in [5.41, 5.74) is 0.0920. The van der Waals surface area contributed by atoms with E-state index in [1.54, 1.807) is 6.92 Å². The van der Waals surface area contributed by atoms with Crippen molar-refractivity contribution >= 4 is 18.0 Å². The van der Waals surface area contributed by atoms with Gasteiger partial charge in [0.2, 0.25) is 0 Å². The van der Waals surface area contributed by atoms with Crippen molar-refractivity contribution in [2.45, 2.75) is 32.2 Å². The van der Waals surface area contributed by atoms with Crippen molar-refractivity contribution in [2.75, 3.05) is 11.9 Å². The van der Waals surface area contributed by atoms with Crippen LogP contribution >= 0.6 is 0 Å². The summed E-state index contributed by atoms with van der Waals surface area (Å²) in [5, 5.41) is 12.4. The van der Waals surface area contributed by atoms with E-state index in [2.05, 4.69) is 10.3 Å². The molecule has 21 heavy (non-hydrogen) atoms. The fourth-order valence-electron chi connectivity index (χ4n) is 3.64. The maximum Gasteiger partial charge on any atom is 0.360 e. The number of nitrogens with zero attached hydrogens (tertiary/aromatic N) is 1. The molecular formula is C14H18N2O5. The lowest BCUT2D eigenvalue weighted by Gasteiger charge is -2.28. The predicted molar refractivity (Wildman–Crippen MR) is 71.8 cm³/mol. The normalized spacial score (nSPS) is 30.3. The summed E-state index contributed by atoms with van der Waals surface area (Å²) in [6.45, 7) is 1.98. The molecule has 0 aliphatic heterocycles. The van der Waals surface area contributed by atoms with E-state index in [4.69, 9.17) is 9.15 Å². The highest BCUT2D eigenvalue weighted by atomic mass is 16.5. The van der Waals surface area contributed by atoms with Gasteiger partial charge in [0.15, 0.2) is 5.69 Å². The van der Waals surface area contributed by atoms with E-state index in [9.17, 15) is 14.7 Å². The first-order valence-corrected chi connectivity index (χ1v) is 7.22. The van der Waals surface area contributed by atoms with Gasteiger partial charge in [-0.05, 0) is 38.0 Å². The third-order valence-electron chi connectivity index (χ3n) is 4.48. The van der Waals surface area contributed by atoms with Crippen molar-refractivity contribution in [1.82, 2.24) is 4.98 Å². The van der Waals surface area contributed by atoms with Crippen LogP contribution in [0.4, 0.5) is 6.01 Å². The summed E-state index contributed by atoms with van der Waals surface area (Å²) in [5.74, 6) is -1.19. The quantitative estimate of drug-likeness (QED) is 0.798. The van der Waals surface area contributed by atoms with Gasteiger partial charge in [0.25, 0.3) is 6.01 Å². The Labute approximate surface area is 121 Å². The topological polar surface area (TPSA) is 102 Å². The third kappa shape index (κ3) is 2.48. The molecule has 2 N–H and O–H groups in total. The molecule has 3 rings (SSSR count). The molecule has 1 aromatic rings. The van der Waals surface area contributed by atoms with Crippen LogP contribution in [-0.4, -0.2) is 34.7 Å².